The highest BCUT2D eigenvalue weighted by Gasteiger charge is 2.47. The zero-order valence-electron chi connectivity index (χ0n) is 27.5. The van der Waals surface area contributed by atoms with E-state index in [9.17, 15) is 4.79 Å². The quantitative estimate of drug-likeness (QED) is 0.400. The number of pyridine rings is 1. The van der Waals surface area contributed by atoms with E-state index in [0.29, 0.717) is 17.6 Å². The van der Waals surface area contributed by atoms with Gasteiger partial charge in [-0.25, -0.2) is 9.97 Å². The number of likely N-dealkylation sites (N-methyl/N-ethyl adjacent to an activating group) is 1. The van der Waals surface area contributed by atoms with Crippen LogP contribution in [-0.4, -0.2) is 108 Å². The van der Waals surface area contributed by atoms with Gasteiger partial charge in [0, 0.05) is 99.4 Å². The number of carbonyl (C=O) groups excluding carboxylic acids is 1. The molecule has 11 nitrogen and oxygen atoms in total. The fourth-order valence-corrected chi connectivity index (χ4v) is 7.79. The molecule has 4 aliphatic heterocycles. The number of nitrogens with one attached hydrogen (secondary N) is 1. The van der Waals surface area contributed by atoms with E-state index in [2.05, 4.69) is 62.1 Å². The van der Waals surface area contributed by atoms with E-state index < -0.39 is 5.91 Å². The summed E-state index contributed by atoms with van der Waals surface area (Å²) in [4.78, 5) is 37.2. The average Bonchev–Trinajstić information content (AvgIpc) is 3.05. The molecule has 244 valence electrons. The Morgan fingerprint density at radius 2 is 1.72 bits per heavy atom. The van der Waals surface area contributed by atoms with Crippen LogP contribution < -0.4 is 20.9 Å². The molecule has 4 saturated heterocycles. The summed E-state index contributed by atoms with van der Waals surface area (Å²) in [6, 6.07) is 11.0. The Balaban J connectivity index is 1.15. The molecule has 1 amide bonds. The fourth-order valence-electron chi connectivity index (χ4n) is 7.79. The zero-order valence-corrected chi connectivity index (χ0v) is 27.5. The van der Waals surface area contributed by atoms with Crippen LogP contribution in [0.4, 0.5) is 23.0 Å². The van der Waals surface area contributed by atoms with Gasteiger partial charge < -0.3 is 30.5 Å². The van der Waals surface area contributed by atoms with Crippen LogP contribution in [0.25, 0.3) is 11.3 Å². The maximum atomic E-state index is 12.8. The van der Waals surface area contributed by atoms with Crippen LogP contribution in [0.5, 0.6) is 0 Å². The number of ether oxygens (including phenoxy) is 1. The van der Waals surface area contributed by atoms with Crippen molar-refractivity contribution in [2.45, 2.75) is 57.5 Å². The van der Waals surface area contributed by atoms with E-state index in [1.165, 1.54) is 37.2 Å². The third-order valence-corrected chi connectivity index (χ3v) is 10.7. The van der Waals surface area contributed by atoms with Crippen molar-refractivity contribution >= 4 is 28.9 Å². The van der Waals surface area contributed by atoms with Gasteiger partial charge in [-0.3, -0.25) is 14.7 Å². The smallest absolute Gasteiger partial charge is 0.271 e. The lowest BCUT2D eigenvalue weighted by Crippen LogP contribution is -2.63. The normalized spacial score (nSPS) is 20.9. The number of amides is 1. The van der Waals surface area contributed by atoms with Crippen molar-refractivity contribution in [3.63, 3.8) is 0 Å². The van der Waals surface area contributed by atoms with Gasteiger partial charge in [-0.05, 0) is 88.9 Å². The monoisotopic (exact) mass is 625 g/mol. The number of primary amides is 1. The lowest BCUT2D eigenvalue weighted by Gasteiger charge is -2.55. The highest BCUT2D eigenvalue weighted by atomic mass is 16.5. The summed E-state index contributed by atoms with van der Waals surface area (Å²) < 4.78 is 5.72. The molecule has 0 radical (unpaired) electrons. The molecule has 0 atom stereocenters. The number of hydrogen-bond donors (Lipinski definition) is 2. The predicted molar refractivity (Wildman–Crippen MR) is 182 cm³/mol. The van der Waals surface area contributed by atoms with Crippen molar-refractivity contribution < 1.29 is 9.53 Å². The summed E-state index contributed by atoms with van der Waals surface area (Å²) in [5.74, 6) is 0.531. The maximum absolute atomic E-state index is 12.8. The molecule has 4 aliphatic rings. The fraction of sp³-hybridized carbons (Fsp3) is 0.543. The number of aryl methyl sites for hydroxylation is 2. The van der Waals surface area contributed by atoms with Gasteiger partial charge in [0.15, 0.2) is 17.3 Å². The van der Waals surface area contributed by atoms with Gasteiger partial charge >= 0.3 is 0 Å². The number of aromatic nitrogens is 3. The molecule has 4 fully saturated rings. The highest BCUT2D eigenvalue weighted by molar-refractivity contribution is 5.98. The number of carbonyl (C=O) groups is 1. The Bertz CT molecular complexity index is 1570. The number of nitrogens with two attached hydrogens (primary N) is 1. The largest absolute Gasteiger partial charge is 0.381 e. The van der Waals surface area contributed by atoms with Gasteiger partial charge in [0.25, 0.3) is 5.91 Å². The molecular formula is C35H47N9O2. The van der Waals surface area contributed by atoms with E-state index in [-0.39, 0.29) is 11.2 Å². The topological polar surface area (TPSA) is 116 Å². The first-order valence-electron chi connectivity index (χ1n) is 16.9. The molecule has 1 aromatic carbocycles. The van der Waals surface area contributed by atoms with Crippen LogP contribution in [0.3, 0.4) is 0 Å². The van der Waals surface area contributed by atoms with Crippen LogP contribution >= 0.6 is 0 Å². The van der Waals surface area contributed by atoms with E-state index in [0.717, 1.165) is 88.0 Å². The molecule has 1 spiro atoms. The summed E-state index contributed by atoms with van der Waals surface area (Å²) in [5.41, 5.74) is 11.8. The van der Waals surface area contributed by atoms with Crippen molar-refractivity contribution in [2.75, 3.05) is 81.2 Å². The van der Waals surface area contributed by atoms with E-state index in [4.69, 9.17) is 20.4 Å². The molecule has 0 saturated carbocycles. The van der Waals surface area contributed by atoms with Gasteiger partial charge in [0.2, 0.25) is 0 Å². The predicted octanol–water partition coefficient (Wildman–Crippen LogP) is 3.97. The van der Waals surface area contributed by atoms with Gasteiger partial charge in [-0.15, -0.1) is 0 Å². The summed E-state index contributed by atoms with van der Waals surface area (Å²) in [6.45, 7) is 13.2. The molecule has 0 unspecified atom stereocenters. The van der Waals surface area contributed by atoms with Crippen molar-refractivity contribution in [3.05, 3.63) is 53.5 Å². The Hall–Kier alpha value is -3.80. The van der Waals surface area contributed by atoms with Crippen LogP contribution in [0, 0.1) is 13.8 Å². The number of piperazine rings is 1. The molecule has 0 aliphatic carbocycles. The number of benzene rings is 1. The minimum atomic E-state index is -0.616. The van der Waals surface area contributed by atoms with E-state index in [1.54, 1.807) is 6.20 Å². The zero-order chi connectivity index (χ0) is 31.8. The first kappa shape index (κ1) is 30.8. The molecule has 0 bridgehead atoms. The second kappa shape index (κ2) is 12.8. The van der Waals surface area contributed by atoms with Crippen LogP contribution in [-0.2, 0) is 4.74 Å². The summed E-state index contributed by atoms with van der Waals surface area (Å²) in [6.07, 6.45) is 7.12. The van der Waals surface area contributed by atoms with Crippen molar-refractivity contribution in [1.82, 2.24) is 24.8 Å². The lowest BCUT2D eigenvalue weighted by atomic mass is 9.77. The average molecular weight is 626 g/mol. The van der Waals surface area contributed by atoms with Gasteiger partial charge in [-0.2, -0.15) is 0 Å². The molecular weight excluding hydrogens is 578 g/mol. The Morgan fingerprint density at radius 3 is 2.37 bits per heavy atom. The van der Waals surface area contributed by atoms with E-state index in [1.807, 2.05) is 19.1 Å². The number of piperidine rings is 1. The molecule has 46 heavy (non-hydrogen) atoms. The van der Waals surface area contributed by atoms with Crippen LogP contribution in [0.2, 0.25) is 0 Å². The Morgan fingerprint density at radius 1 is 0.957 bits per heavy atom. The van der Waals surface area contributed by atoms with Gasteiger partial charge in [0.1, 0.15) is 5.69 Å². The second-order valence-electron chi connectivity index (χ2n) is 13.6. The van der Waals surface area contributed by atoms with Crippen LogP contribution in [0.15, 0.2) is 36.5 Å². The highest BCUT2D eigenvalue weighted by Crippen LogP contribution is 2.45. The molecule has 6 heterocycles. The second-order valence-corrected chi connectivity index (χ2v) is 13.6. The molecule has 2 aromatic heterocycles. The number of rotatable bonds is 7. The SMILES string of the molecule is Cc1cc(-c2nc(C(N)=O)c(Nc3ccc(N4CCC(N5CCN(C)CC5)CC4)c(C)c3)nc2N2CCC23CCOCC3)ccn1. The van der Waals surface area contributed by atoms with Crippen LogP contribution in [0.1, 0.15) is 53.8 Å². The number of anilines is 4. The molecule has 3 N–H and O–H groups in total. The first-order chi connectivity index (χ1) is 22.3. The number of nitrogens with zero attached hydrogens (tertiary/aromatic N) is 7. The van der Waals surface area contributed by atoms with Gasteiger partial charge in [0.05, 0.1) is 0 Å². The first-order valence-corrected chi connectivity index (χ1v) is 16.9. The minimum absolute atomic E-state index is 0.00863. The maximum Gasteiger partial charge on any atom is 0.271 e. The van der Waals surface area contributed by atoms with E-state index >= 15 is 0 Å². The Labute approximate surface area is 272 Å². The summed E-state index contributed by atoms with van der Waals surface area (Å²) >= 11 is 0. The standard InChI is InChI=1S/C35H47N9O2/c1-24-22-27(4-5-29(24)43-13-7-28(8-14-43)42-18-16-41(3)17-19-42)38-33-31(32(36)45)39-30(26-6-12-37-25(2)23-26)34(40-33)44-15-9-35(44)10-20-46-21-11-35/h4-6,12,22-23,28H,7-11,13-21H2,1-3H3,(H2,36,45)(H,38,40). The number of hydrogen-bond acceptors (Lipinski definition) is 10. The molecule has 7 rings (SSSR count). The van der Waals surface area contributed by atoms with Crippen molar-refractivity contribution in [1.29, 1.82) is 0 Å². The van der Waals surface area contributed by atoms with Gasteiger partial charge in [-0.1, -0.05) is 0 Å². The van der Waals surface area contributed by atoms with Crippen molar-refractivity contribution in [2.24, 2.45) is 5.73 Å². The molecule has 11 heteroatoms. The minimum Gasteiger partial charge on any atom is -0.381 e. The third-order valence-electron chi connectivity index (χ3n) is 10.7. The third kappa shape index (κ3) is 6.03. The Kier molecular flexibility index (Phi) is 8.56. The lowest BCUT2D eigenvalue weighted by molar-refractivity contribution is 0.0285. The summed E-state index contributed by atoms with van der Waals surface area (Å²) in [5, 5.41) is 3.44. The molecule has 3 aromatic rings. The van der Waals surface area contributed by atoms with Crippen molar-refractivity contribution in [3.8, 4) is 11.3 Å². The summed E-state index contributed by atoms with van der Waals surface area (Å²) in [7, 11) is 2.22.